The second-order valence-electron chi connectivity index (χ2n) is 8.22. The highest BCUT2D eigenvalue weighted by molar-refractivity contribution is 6.01. The maximum atomic E-state index is 12.8. The van der Waals surface area contributed by atoms with Crippen LogP contribution in [0.25, 0.3) is 16.8 Å². The smallest absolute Gasteiger partial charge is 0.251 e. The summed E-state index contributed by atoms with van der Waals surface area (Å²) in [5.74, 6) is -0.0148. The van der Waals surface area contributed by atoms with Crippen molar-refractivity contribution in [2.75, 3.05) is 13.1 Å². The van der Waals surface area contributed by atoms with Crippen LogP contribution in [0.2, 0.25) is 0 Å². The van der Waals surface area contributed by atoms with Crippen molar-refractivity contribution >= 4 is 11.6 Å². The fraction of sp³-hybridized carbons (Fsp3) is 0.286. The molecular formula is C28H33N5O. The molecule has 6 nitrogen and oxygen atoms in total. The van der Waals surface area contributed by atoms with Gasteiger partial charge < -0.3 is 10.6 Å². The molecule has 176 valence electrons. The molecule has 0 spiro atoms. The summed E-state index contributed by atoms with van der Waals surface area (Å²) in [6.07, 6.45) is 10.5. The number of unbranched alkanes of at least 4 members (excludes halogenated alkanes) is 4. The van der Waals surface area contributed by atoms with E-state index < -0.39 is 0 Å². The summed E-state index contributed by atoms with van der Waals surface area (Å²) in [5.41, 5.74) is 12.7. The Morgan fingerprint density at radius 2 is 1.62 bits per heavy atom. The molecule has 0 aliphatic heterocycles. The zero-order valence-electron chi connectivity index (χ0n) is 19.8. The first-order chi connectivity index (χ1) is 16.7. The van der Waals surface area contributed by atoms with Crippen LogP contribution < -0.4 is 10.6 Å². The second kappa shape index (κ2) is 13.7. The number of amides is 1. The van der Waals surface area contributed by atoms with Crippen molar-refractivity contribution in [3.8, 4) is 11.1 Å². The number of aromatic nitrogens is 1. The molecular weight excluding hydrogens is 422 g/mol. The van der Waals surface area contributed by atoms with Crippen molar-refractivity contribution in [1.29, 1.82) is 5.53 Å². The minimum absolute atomic E-state index is 0.0148. The van der Waals surface area contributed by atoms with Gasteiger partial charge in [0.25, 0.3) is 5.91 Å². The highest BCUT2D eigenvalue weighted by Crippen LogP contribution is 2.26. The summed E-state index contributed by atoms with van der Waals surface area (Å²) >= 11 is 0. The average Bonchev–Trinajstić information content (AvgIpc) is 2.88. The lowest BCUT2D eigenvalue weighted by Gasteiger charge is -2.12. The molecule has 0 aliphatic carbocycles. The molecule has 3 rings (SSSR count). The van der Waals surface area contributed by atoms with Crippen LogP contribution >= 0.6 is 0 Å². The van der Waals surface area contributed by atoms with Crippen LogP contribution in [0.4, 0.5) is 0 Å². The van der Waals surface area contributed by atoms with Gasteiger partial charge in [-0.1, -0.05) is 61.7 Å². The number of pyridine rings is 1. The van der Waals surface area contributed by atoms with E-state index in [4.69, 9.17) is 5.53 Å². The SMILES string of the molecule is Cc1ccccc1-c1ccccc1C(=O)NCCCCCCCN/C=C(\N=N)c1cccnc1. The monoisotopic (exact) mass is 455 g/mol. The molecule has 0 atom stereocenters. The molecule has 34 heavy (non-hydrogen) atoms. The van der Waals surface area contributed by atoms with Gasteiger partial charge >= 0.3 is 0 Å². The summed E-state index contributed by atoms with van der Waals surface area (Å²) in [5, 5.41) is 9.88. The Morgan fingerprint density at radius 3 is 2.35 bits per heavy atom. The van der Waals surface area contributed by atoms with Gasteiger partial charge in [-0.2, -0.15) is 5.11 Å². The Balaban J connectivity index is 1.33. The summed E-state index contributed by atoms with van der Waals surface area (Å²) in [6, 6.07) is 19.7. The van der Waals surface area contributed by atoms with E-state index in [-0.39, 0.29) is 5.91 Å². The lowest BCUT2D eigenvalue weighted by Crippen LogP contribution is -2.25. The first-order valence-electron chi connectivity index (χ1n) is 11.9. The first kappa shape index (κ1) is 24.8. The highest BCUT2D eigenvalue weighted by Gasteiger charge is 2.13. The van der Waals surface area contributed by atoms with Crippen LogP contribution in [0.15, 0.2) is 84.4 Å². The Kier molecular flexibility index (Phi) is 9.99. The van der Waals surface area contributed by atoms with E-state index >= 15 is 0 Å². The van der Waals surface area contributed by atoms with Crippen molar-refractivity contribution in [1.82, 2.24) is 15.6 Å². The van der Waals surface area contributed by atoms with Crippen molar-refractivity contribution in [2.24, 2.45) is 5.11 Å². The highest BCUT2D eigenvalue weighted by atomic mass is 16.1. The van der Waals surface area contributed by atoms with Crippen molar-refractivity contribution in [2.45, 2.75) is 39.0 Å². The van der Waals surface area contributed by atoms with Crippen LogP contribution in [0.3, 0.4) is 0 Å². The quantitative estimate of drug-likeness (QED) is 0.207. The van der Waals surface area contributed by atoms with Crippen LogP contribution in [0.5, 0.6) is 0 Å². The molecule has 2 aromatic carbocycles. The maximum absolute atomic E-state index is 12.8. The lowest BCUT2D eigenvalue weighted by atomic mass is 9.95. The Hall–Kier alpha value is -3.80. The first-order valence-corrected chi connectivity index (χ1v) is 11.9. The number of nitrogens with one attached hydrogen (secondary N) is 3. The standard InChI is InChI=1S/C28H33N5O/c1-22-12-5-6-14-24(22)25-15-7-8-16-26(25)28(34)32-19-10-4-2-3-9-17-31-21-27(33-29)23-13-11-18-30-20-23/h5-8,11-16,18,20-21,29,31H,2-4,9-10,17,19H2,1H3,(H,32,34)/b27-21-,33-29?. The molecule has 6 heteroatoms. The zero-order valence-corrected chi connectivity index (χ0v) is 19.8. The Labute approximate surface area is 202 Å². The van der Waals surface area contributed by atoms with Gasteiger partial charge in [-0.15, -0.1) is 0 Å². The maximum Gasteiger partial charge on any atom is 0.251 e. The predicted octanol–water partition coefficient (Wildman–Crippen LogP) is 6.36. The van der Waals surface area contributed by atoms with Gasteiger partial charge in [-0.25, -0.2) is 5.53 Å². The van der Waals surface area contributed by atoms with Gasteiger partial charge in [-0.05, 0) is 54.7 Å². The van der Waals surface area contributed by atoms with Crippen molar-refractivity contribution in [3.63, 3.8) is 0 Å². The Morgan fingerprint density at radius 1 is 0.912 bits per heavy atom. The third-order valence-corrected chi connectivity index (χ3v) is 5.71. The van der Waals surface area contributed by atoms with Gasteiger partial charge in [0.1, 0.15) is 5.70 Å². The topological polar surface area (TPSA) is 90.2 Å². The van der Waals surface area contributed by atoms with Crippen LogP contribution in [-0.2, 0) is 0 Å². The number of carbonyl (C=O) groups is 1. The fourth-order valence-corrected chi connectivity index (χ4v) is 3.83. The molecule has 0 fully saturated rings. The Bertz CT molecular complexity index is 1090. The van der Waals surface area contributed by atoms with E-state index in [2.05, 4.69) is 39.8 Å². The van der Waals surface area contributed by atoms with Gasteiger partial charge in [0.05, 0.1) is 0 Å². The average molecular weight is 456 g/mol. The van der Waals surface area contributed by atoms with Gasteiger partial charge in [0, 0.05) is 42.8 Å². The largest absolute Gasteiger partial charge is 0.389 e. The van der Waals surface area contributed by atoms with Gasteiger partial charge in [0.2, 0.25) is 0 Å². The second-order valence-corrected chi connectivity index (χ2v) is 8.22. The van der Waals surface area contributed by atoms with Crippen molar-refractivity contribution < 1.29 is 4.79 Å². The van der Waals surface area contributed by atoms with E-state index in [0.717, 1.165) is 66.5 Å². The molecule has 0 radical (unpaired) electrons. The van der Waals surface area contributed by atoms with Crippen LogP contribution in [0, 0.1) is 12.5 Å². The van der Waals surface area contributed by atoms with Gasteiger partial charge in [0.15, 0.2) is 0 Å². The summed E-state index contributed by atoms with van der Waals surface area (Å²) in [6.45, 7) is 3.59. The molecule has 0 aliphatic rings. The molecule has 1 aromatic heterocycles. The van der Waals surface area contributed by atoms with E-state index in [0.29, 0.717) is 12.2 Å². The molecule has 3 N–H and O–H groups in total. The minimum atomic E-state index is -0.0148. The van der Waals surface area contributed by atoms with E-state index in [1.165, 1.54) is 0 Å². The van der Waals surface area contributed by atoms with Crippen LogP contribution in [0.1, 0.15) is 53.6 Å². The summed E-state index contributed by atoms with van der Waals surface area (Å²) in [4.78, 5) is 16.8. The van der Waals surface area contributed by atoms with Crippen molar-refractivity contribution in [3.05, 3.63) is 95.9 Å². The lowest BCUT2D eigenvalue weighted by molar-refractivity contribution is 0.0953. The number of hydrogen-bond donors (Lipinski definition) is 3. The third kappa shape index (κ3) is 7.37. The predicted molar refractivity (Wildman–Crippen MR) is 137 cm³/mol. The normalized spacial score (nSPS) is 11.1. The summed E-state index contributed by atoms with van der Waals surface area (Å²) < 4.78 is 0. The van der Waals surface area contributed by atoms with Crippen LogP contribution in [-0.4, -0.2) is 24.0 Å². The van der Waals surface area contributed by atoms with Gasteiger partial charge in [-0.3, -0.25) is 9.78 Å². The molecule has 1 heterocycles. The van der Waals surface area contributed by atoms with E-state index in [9.17, 15) is 4.79 Å². The third-order valence-electron chi connectivity index (χ3n) is 5.71. The number of hydrogen-bond acceptors (Lipinski definition) is 5. The summed E-state index contributed by atoms with van der Waals surface area (Å²) in [7, 11) is 0. The molecule has 0 bridgehead atoms. The fourth-order valence-electron chi connectivity index (χ4n) is 3.83. The zero-order chi connectivity index (χ0) is 24.0. The molecule has 0 saturated carbocycles. The number of carbonyl (C=O) groups excluding carboxylic acids is 1. The number of aryl methyl sites for hydroxylation is 1. The number of rotatable bonds is 13. The van der Waals surface area contributed by atoms with E-state index in [1.807, 2.05) is 48.5 Å². The van der Waals surface area contributed by atoms with E-state index in [1.54, 1.807) is 18.6 Å². The number of nitrogens with zero attached hydrogens (tertiary/aromatic N) is 2. The molecule has 0 unspecified atom stereocenters. The minimum Gasteiger partial charge on any atom is -0.389 e. The molecule has 3 aromatic rings. The molecule has 1 amide bonds. The number of benzene rings is 2. The molecule has 0 saturated heterocycles.